The van der Waals surface area contributed by atoms with E-state index >= 15 is 0 Å². The Kier molecular flexibility index (Phi) is 2.25. The van der Waals surface area contributed by atoms with E-state index in [0.29, 0.717) is 11.4 Å². The van der Waals surface area contributed by atoms with Gasteiger partial charge in [-0.05, 0) is 20.8 Å². The van der Waals surface area contributed by atoms with Gasteiger partial charge in [0, 0.05) is 0 Å². The zero-order chi connectivity index (χ0) is 6.73. The molecule has 3 N–H and O–H groups in total. The Morgan fingerprint density at radius 2 is 1.62 bits per heavy atom. The molecule has 0 saturated carbocycles. The molecular formula is C6H12N2. The highest BCUT2D eigenvalue weighted by Gasteiger charge is 1.92. The van der Waals surface area contributed by atoms with Crippen LogP contribution in [0.3, 0.4) is 0 Å². The lowest BCUT2D eigenvalue weighted by Gasteiger charge is -1.97. The Bertz CT molecular complexity index is 129. The van der Waals surface area contributed by atoms with Gasteiger partial charge in [-0.3, -0.25) is 0 Å². The molecule has 0 heterocycles. The standard InChI is InChI=1S/C6H12N2/c1-4(2)6(8)5(3)7/h7H,8H2,1-3H3. The molecule has 0 aliphatic carbocycles. The fraction of sp³-hybridized carbons (Fsp3) is 0.500. The Balaban J connectivity index is 4.23. The van der Waals surface area contributed by atoms with E-state index in [2.05, 4.69) is 0 Å². The van der Waals surface area contributed by atoms with Crippen LogP contribution in [0.15, 0.2) is 11.3 Å². The second-order valence-electron chi connectivity index (χ2n) is 2.04. The fourth-order valence-corrected chi connectivity index (χ4v) is 0.375. The highest BCUT2D eigenvalue weighted by atomic mass is 14.6. The lowest BCUT2D eigenvalue weighted by atomic mass is 10.2. The van der Waals surface area contributed by atoms with Gasteiger partial charge in [-0.15, -0.1) is 0 Å². The Morgan fingerprint density at radius 3 is 1.62 bits per heavy atom. The van der Waals surface area contributed by atoms with Crippen LogP contribution in [0.5, 0.6) is 0 Å². The zero-order valence-electron chi connectivity index (χ0n) is 5.58. The summed E-state index contributed by atoms with van der Waals surface area (Å²) in [6.45, 7) is 5.48. The maximum absolute atomic E-state index is 7.05. The first-order valence-electron chi connectivity index (χ1n) is 2.54. The van der Waals surface area contributed by atoms with Crippen molar-refractivity contribution in [1.82, 2.24) is 0 Å². The van der Waals surface area contributed by atoms with Crippen LogP contribution in [0.25, 0.3) is 0 Å². The zero-order valence-corrected chi connectivity index (χ0v) is 5.58. The summed E-state index contributed by atoms with van der Waals surface area (Å²) in [6.07, 6.45) is 0. The summed E-state index contributed by atoms with van der Waals surface area (Å²) in [5.41, 5.74) is 7.48. The topological polar surface area (TPSA) is 49.9 Å². The summed E-state index contributed by atoms with van der Waals surface area (Å²) in [5.74, 6) is 0. The van der Waals surface area contributed by atoms with Gasteiger partial charge in [0.2, 0.25) is 0 Å². The Morgan fingerprint density at radius 1 is 1.25 bits per heavy atom. The van der Waals surface area contributed by atoms with Crippen molar-refractivity contribution >= 4 is 5.71 Å². The van der Waals surface area contributed by atoms with Gasteiger partial charge < -0.3 is 11.1 Å². The minimum absolute atomic E-state index is 0.449. The maximum Gasteiger partial charge on any atom is 0.0511 e. The summed E-state index contributed by atoms with van der Waals surface area (Å²) in [6, 6.07) is 0. The molecule has 0 saturated heterocycles. The fourth-order valence-electron chi connectivity index (χ4n) is 0.375. The van der Waals surface area contributed by atoms with E-state index in [1.165, 1.54) is 0 Å². The van der Waals surface area contributed by atoms with E-state index in [0.717, 1.165) is 5.57 Å². The summed E-state index contributed by atoms with van der Waals surface area (Å²) in [5, 5.41) is 7.05. The van der Waals surface area contributed by atoms with Crippen molar-refractivity contribution in [3.63, 3.8) is 0 Å². The van der Waals surface area contributed by atoms with Crippen LogP contribution < -0.4 is 5.73 Å². The van der Waals surface area contributed by atoms with Crippen LogP contribution >= 0.6 is 0 Å². The molecule has 0 amide bonds. The summed E-state index contributed by atoms with van der Waals surface area (Å²) >= 11 is 0. The van der Waals surface area contributed by atoms with Gasteiger partial charge in [-0.1, -0.05) is 5.57 Å². The van der Waals surface area contributed by atoms with Crippen molar-refractivity contribution in [2.75, 3.05) is 0 Å². The molecule has 0 rings (SSSR count). The van der Waals surface area contributed by atoms with E-state index < -0.39 is 0 Å². The lowest BCUT2D eigenvalue weighted by molar-refractivity contribution is 1.25. The third-order valence-electron chi connectivity index (χ3n) is 0.943. The van der Waals surface area contributed by atoms with Crippen LogP contribution in [0.4, 0.5) is 0 Å². The number of hydrogen-bond donors (Lipinski definition) is 2. The van der Waals surface area contributed by atoms with Gasteiger partial charge >= 0.3 is 0 Å². The third-order valence-corrected chi connectivity index (χ3v) is 0.943. The number of rotatable bonds is 1. The molecule has 0 unspecified atom stereocenters. The molecule has 0 bridgehead atoms. The molecule has 0 aromatic rings. The average molecular weight is 112 g/mol. The molecule has 0 aromatic heterocycles. The smallest absolute Gasteiger partial charge is 0.0511 e. The lowest BCUT2D eigenvalue weighted by Crippen LogP contribution is -2.07. The first kappa shape index (κ1) is 7.21. The summed E-state index contributed by atoms with van der Waals surface area (Å²) in [4.78, 5) is 0. The van der Waals surface area contributed by atoms with E-state index in [4.69, 9.17) is 11.1 Å². The van der Waals surface area contributed by atoms with Crippen LogP contribution in [-0.4, -0.2) is 5.71 Å². The summed E-state index contributed by atoms with van der Waals surface area (Å²) < 4.78 is 0. The predicted octanol–water partition coefficient (Wildman–Crippen LogP) is 1.28. The molecule has 2 heteroatoms. The van der Waals surface area contributed by atoms with E-state index in [1.54, 1.807) is 6.92 Å². The minimum atomic E-state index is 0.449. The molecule has 46 valence electrons. The van der Waals surface area contributed by atoms with Crippen LogP contribution in [-0.2, 0) is 0 Å². The SMILES string of the molecule is CC(=N)C(N)=C(C)C. The highest BCUT2D eigenvalue weighted by Crippen LogP contribution is 1.95. The monoisotopic (exact) mass is 112 g/mol. The van der Waals surface area contributed by atoms with E-state index in [9.17, 15) is 0 Å². The molecular weight excluding hydrogens is 100 g/mol. The maximum atomic E-state index is 7.05. The Hall–Kier alpha value is -0.790. The molecule has 0 spiro atoms. The van der Waals surface area contributed by atoms with Crippen molar-refractivity contribution in [2.45, 2.75) is 20.8 Å². The van der Waals surface area contributed by atoms with E-state index in [1.807, 2.05) is 13.8 Å². The first-order valence-corrected chi connectivity index (χ1v) is 2.54. The molecule has 0 aliphatic heterocycles. The molecule has 0 atom stereocenters. The van der Waals surface area contributed by atoms with Crippen molar-refractivity contribution in [2.24, 2.45) is 5.73 Å². The minimum Gasteiger partial charge on any atom is -0.397 e. The number of hydrogen-bond acceptors (Lipinski definition) is 2. The number of nitrogens with two attached hydrogens (primary N) is 1. The number of nitrogens with one attached hydrogen (secondary N) is 1. The van der Waals surface area contributed by atoms with E-state index in [-0.39, 0.29) is 0 Å². The van der Waals surface area contributed by atoms with Crippen molar-refractivity contribution in [3.8, 4) is 0 Å². The molecule has 2 nitrogen and oxygen atoms in total. The Labute approximate surface area is 49.9 Å². The van der Waals surface area contributed by atoms with Crippen molar-refractivity contribution in [3.05, 3.63) is 11.3 Å². The normalized spacial score (nSPS) is 8.38. The van der Waals surface area contributed by atoms with Gasteiger partial charge in [-0.2, -0.15) is 0 Å². The van der Waals surface area contributed by atoms with Gasteiger partial charge in [0.15, 0.2) is 0 Å². The van der Waals surface area contributed by atoms with Crippen LogP contribution in [0, 0.1) is 5.41 Å². The quantitative estimate of drug-likeness (QED) is 0.493. The third kappa shape index (κ3) is 1.78. The summed E-state index contributed by atoms with van der Waals surface area (Å²) in [7, 11) is 0. The molecule has 0 aromatic carbocycles. The second-order valence-corrected chi connectivity index (χ2v) is 2.04. The molecule has 0 fully saturated rings. The van der Waals surface area contributed by atoms with Gasteiger partial charge in [0.25, 0.3) is 0 Å². The second kappa shape index (κ2) is 2.50. The first-order chi connectivity index (χ1) is 3.55. The average Bonchev–Trinajstić information content (AvgIpc) is 1.64. The van der Waals surface area contributed by atoms with Gasteiger partial charge in [0.1, 0.15) is 0 Å². The largest absolute Gasteiger partial charge is 0.397 e. The predicted molar refractivity (Wildman–Crippen MR) is 36.0 cm³/mol. The molecule has 0 aliphatic rings. The van der Waals surface area contributed by atoms with Gasteiger partial charge in [-0.25, -0.2) is 0 Å². The molecule has 8 heavy (non-hydrogen) atoms. The number of allylic oxidation sites excluding steroid dienone is 2. The highest BCUT2D eigenvalue weighted by molar-refractivity contribution is 5.95. The van der Waals surface area contributed by atoms with Gasteiger partial charge in [0.05, 0.1) is 11.4 Å². The molecule has 0 radical (unpaired) electrons. The van der Waals surface area contributed by atoms with Crippen LogP contribution in [0.2, 0.25) is 0 Å². The van der Waals surface area contributed by atoms with Crippen molar-refractivity contribution in [1.29, 1.82) is 5.41 Å². The van der Waals surface area contributed by atoms with Crippen LogP contribution in [0.1, 0.15) is 20.8 Å². The van der Waals surface area contributed by atoms with Crippen molar-refractivity contribution < 1.29 is 0 Å².